The van der Waals surface area contributed by atoms with Crippen LogP contribution in [0.3, 0.4) is 0 Å². The first-order valence-corrected chi connectivity index (χ1v) is 2.60. The van der Waals surface area contributed by atoms with Gasteiger partial charge in [-0.05, 0) is 0 Å². The van der Waals surface area contributed by atoms with Crippen LogP contribution in [-0.2, 0) is 9.53 Å². The number of rotatable bonds is 1. The second kappa shape index (κ2) is 2.39. The number of carbonyl (C=O) groups is 1. The van der Waals surface area contributed by atoms with Gasteiger partial charge in [0, 0.05) is 0 Å². The Bertz CT molecular complexity index is 144. The molecule has 0 aromatic heterocycles. The van der Waals surface area contributed by atoms with Gasteiger partial charge in [0.2, 0.25) is 0 Å². The van der Waals surface area contributed by atoms with Gasteiger partial charge in [-0.1, -0.05) is 0 Å². The number of carboxylic acid groups (broad SMARTS) is 1. The summed E-state index contributed by atoms with van der Waals surface area (Å²) >= 11 is 0. The Hall–Kier alpha value is -1.19. The molecule has 0 amide bonds. The molecule has 0 atom stereocenters. The third kappa shape index (κ3) is 1.64. The Morgan fingerprint density at radius 1 is 1.89 bits per heavy atom. The van der Waals surface area contributed by atoms with E-state index in [0.717, 1.165) is 6.08 Å². The van der Waals surface area contributed by atoms with Gasteiger partial charge >= 0.3 is 5.97 Å². The molecule has 4 nitrogen and oxygen atoms in total. The molecule has 0 saturated carbocycles. The first-order chi connectivity index (χ1) is 4.29. The highest BCUT2D eigenvalue weighted by molar-refractivity contribution is 5.80. The molecule has 0 unspecified atom stereocenters. The van der Waals surface area contributed by atoms with E-state index in [0.29, 0.717) is 19.0 Å². The van der Waals surface area contributed by atoms with E-state index in [2.05, 4.69) is 5.32 Å². The molecule has 0 spiro atoms. The van der Waals surface area contributed by atoms with Crippen molar-refractivity contribution in [2.24, 2.45) is 0 Å². The number of carboxylic acids is 1. The summed E-state index contributed by atoms with van der Waals surface area (Å²) in [5.41, 5.74) is 0. The minimum atomic E-state index is -0.987. The van der Waals surface area contributed by atoms with Crippen molar-refractivity contribution in [2.75, 3.05) is 13.2 Å². The fourth-order valence-corrected chi connectivity index (χ4v) is 0.591. The summed E-state index contributed by atoms with van der Waals surface area (Å²) in [5.74, 6) is -0.637. The predicted octanol–water partition coefficient (Wildman–Crippen LogP) is -0.468. The lowest BCUT2D eigenvalue weighted by atomic mass is 10.6. The summed E-state index contributed by atoms with van der Waals surface area (Å²) in [6.45, 7) is 1.25. The van der Waals surface area contributed by atoms with Crippen LogP contribution in [0.15, 0.2) is 12.0 Å². The molecule has 0 bridgehead atoms. The van der Waals surface area contributed by atoms with Crippen LogP contribution in [-0.4, -0.2) is 24.2 Å². The first-order valence-electron chi connectivity index (χ1n) is 2.60. The highest BCUT2D eigenvalue weighted by atomic mass is 16.5. The fraction of sp³-hybridized carbons (Fsp3) is 0.400. The zero-order chi connectivity index (χ0) is 6.69. The summed E-state index contributed by atoms with van der Waals surface area (Å²) < 4.78 is 4.83. The Morgan fingerprint density at radius 2 is 2.67 bits per heavy atom. The third-order valence-corrected chi connectivity index (χ3v) is 0.913. The summed E-state index contributed by atoms with van der Waals surface area (Å²) in [4.78, 5) is 9.96. The highest BCUT2D eigenvalue weighted by Gasteiger charge is 2.06. The molecule has 0 aromatic rings. The lowest BCUT2D eigenvalue weighted by Gasteiger charge is -1.92. The van der Waals surface area contributed by atoms with Crippen LogP contribution < -0.4 is 5.32 Å². The van der Waals surface area contributed by atoms with Gasteiger partial charge in [0.25, 0.3) is 0 Å². The summed E-state index contributed by atoms with van der Waals surface area (Å²) in [6, 6.07) is 0. The summed E-state index contributed by atoms with van der Waals surface area (Å²) in [5, 5.41) is 10.9. The van der Waals surface area contributed by atoms with Crippen molar-refractivity contribution in [3.05, 3.63) is 12.0 Å². The van der Waals surface area contributed by atoms with Gasteiger partial charge in [0.15, 0.2) is 5.88 Å². The quantitative estimate of drug-likeness (QED) is 0.470. The molecule has 0 aliphatic carbocycles. The molecule has 0 aromatic carbocycles. The van der Waals surface area contributed by atoms with Gasteiger partial charge in [-0.3, -0.25) is 0 Å². The summed E-state index contributed by atoms with van der Waals surface area (Å²) in [6.07, 6.45) is 1.01. The van der Waals surface area contributed by atoms with Crippen LogP contribution in [0, 0.1) is 0 Å². The molecule has 1 aliphatic heterocycles. The second-order valence-electron chi connectivity index (χ2n) is 1.62. The van der Waals surface area contributed by atoms with Gasteiger partial charge in [0.05, 0.1) is 12.6 Å². The molecule has 1 saturated heterocycles. The number of hydrogen-bond acceptors (Lipinski definition) is 3. The van der Waals surface area contributed by atoms with E-state index in [1.165, 1.54) is 0 Å². The highest BCUT2D eigenvalue weighted by Crippen LogP contribution is 1.97. The predicted molar refractivity (Wildman–Crippen MR) is 29.7 cm³/mol. The van der Waals surface area contributed by atoms with Crippen molar-refractivity contribution in [1.82, 2.24) is 5.32 Å². The maximum absolute atomic E-state index is 9.96. The topological polar surface area (TPSA) is 58.6 Å². The molecule has 9 heavy (non-hydrogen) atoms. The monoisotopic (exact) mass is 129 g/mol. The van der Waals surface area contributed by atoms with Crippen molar-refractivity contribution in [1.29, 1.82) is 0 Å². The van der Waals surface area contributed by atoms with Gasteiger partial charge < -0.3 is 15.2 Å². The average Bonchev–Trinajstić information content (AvgIpc) is 2.15. The van der Waals surface area contributed by atoms with E-state index >= 15 is 0 Å². The van der Waals surface area contributed by atoms with Crippen LogP contribution in [0.4, 0.5) is 0 Å². The maximum atomic E-state index is 9.96. The average molecular weight is 129 g/mol. The molecule has 0 radical (unpaired) electrons. The zero-order valence-electron chi connectivity index (χ0n) is 4.76. The van der Waals surface area contributed by atoms with E-state index in [-0.39, 0.29) is 0 Å². The van der Waals surface area contributed by atoms with Crippen LogP contribution >= 0.6 is 0 Å². The largest absolute Gasteiger partial charge is 0.478 e. The minimum Gasteiger partial charge on any atom is -0.478 e. The van der Waals surface area contributed by atoms with Crippen molar-refractivity contribution < 1.29 is 14.6 Å². The Balaban J connectivity index is 2.49. The normalized spacial score (nSPS) is 21.1. The smallest absolute Gasteiger partial charge is 0.333 e. The summed E-state index contributed by atoms with van der Waals surface area (Å²) in [7, 11) is 0. The molecular weight excluding hydrogens is 122 g/mol. The molecular formula is C5H7NO3. The van der Waals surface area contributed by atoms with Crippen LogP contribution in [0.25, 0.3) is 0 Å². The lowest BCUT2D eigenvalue weighted by molar-refractivity contribution is -0.131. The molecule has 4 heteroatoms. The first kappa shape index (κ1) is 5.94. The number of hydrogen-bond donors (Lipinski definition) is 2. The van der Waals surface area contributed by atoms with Crippen molar-refractivity contribution in [3.8, 4) is 0 Å². The number of aliphatic carboxylic acids is 1. The Morgan fingerprint density at radius 3 is 3.11 bits per heavy atom. The molecule has 2 N–H and O–H groups in total. The van der Waals surface area contributed by atoms with Gasteiger partial charge in [-0.15, -0.1) is 0 Å². The molecule has 1 rings (SSSR count). The van der Waals surface area contributed by atoms with Crippen molar-refractivity contribution in [2.45, 2.75) is 0 Å². The van der Waals surface area contributed by atoms with Gasteiger partial charge in [-0.2, -0.15) is 0 Å². The van der Waals surface area contributed by atoms with Gasteiger partial charge in [0.1, 0.15) is 6.61 Å². The van der Waals surface area contributed by atoms with Gasteiger partial charge in [-0.25, -0.2) is 4.79 Å². The second-order valence-corrected chi connectivity index (χ2v) is 1.62. The molecule has 50 valence electrons. The van der Waals surface area contributed by atoms with E-state index in [1.54, 1.807) is 0 Å². The van der Waals surface area contributed by atoms with E-state index in [4.69, 9.17) is 9.84 Å². The Kier molecular flexibility index (Phi) is 1.58. The molecule has 1 heterocycles. The fourth-order valence-electron chi connectivity index (χ4n) is 0.591. The number of ether oxygens (including phenoxy) is 1. The maximum Gasteiger partial charge on any atom is 0.333 e. The minimum absolute atomic E-state index is 0.350. The van der Waals surface area contributed by atoms with Crippen molar-refractivity contribution >= 4 is 5.97 Å². The Labute approximate surface area is 52.1 Å². The lowest BCUT2D eigenvalue weighted by Crippen LogP contribution is -2.06. The SMILES string of the molecule is O=C(O)/C=C1\NCCO1. The number of nitrogens with one attached hydrogen (secondary N) is 1. The standard InChI is InChI=1S/C5H7NO3/c7-5(8)3-4-6-1-2-9-4/h3,6H,1-2H2,(H,7,8)/b4-3+. The third-order valence-electron chi connectivity index (χ3n) is 0.913. The van der Waals surface area contributed by atoms with E-state index in [1.807, 2.05) is 0 Å². The van der Waals surface area contributed by atoms with Crippen LogP contribution in [0.5, 0.6) is 0 Å². The van der Waals surface area contributed by atoms with Crippen LogP contribution in [0.1, 0.15) is 0 Å². The van der Waals surface area contributed by atoms with Crippen LogP contribution in [0.2, 0.25) is 0 Å². The molecule has 1 aliphatic rings. The van der Waals surface area contributed by atoms with E-state index < -0.39 is 5.97 Å². The zero-order valence-corrected chi connectivity index (χ0v) is 4.76. The van der Waals surface area contributed by atoms with E-state index in [9.17, 15) is 4.79 Å². The van der Waals surface area contributed by atoms with Crippen molar-refractivity contribution in [3.63, 3.8) is 0 Å². The molecule has 1 fully saturated rings.